The molecule has 9 nitrogen and oxygen atoms in total. The molecular weight excluding hydrogens is 464 g/mol. The molecule has 2 fully saturated rings. The van der Waals surface area contributed by atoms with Crippen LogP contribution in [0.1, 0.15) is 39.5 Å². The lowest BCUT2D eigenvalue weighted by atomic mass is 9.67. The number of hydrogen-bond donors (Lipinski definition) is 1. The molecule has 0 amide bonds. The number of fused-ring (bicyclic) bond motifs is 2. The van der Waals surface area contributed by atoms with Gasteiger partial charge < -0.3 is 19.4 Å². The average Bonchev–Trinajstić information content (AvgIpc) is 3.45. The fraction of sp³-hybridized carbons (Fsp3) is 0.600. The minimum atomic E-state index is 0.316. The number of pyridine rings is 1. The highest BCUT2D eigenvalue weighted by Crippen LogP contribution is 2.49. The number of nitrogens with one attached hydrogen (secondary N) is 1. The molecule has 10 heteroatoms. The topological polar surface area (TPSA) is 86.3 Å². The third-order valence-electron chi connectivity index (χ3n) is 8.37. The molecule has 0 saturated carbocycles. The van der Waals surface area contributed by atoms with Crippen molar-refractivity contribution in [3.63, 3.8) is 0 Å². The molecule has 3 aliphatic rings. The summed E-state index contributed by atoms with van der Waals surface area (Å²) < 4.78 is 6.22. The first-order chi connectivity index (χ1) is 17.0. The fourth-order valence-electron chi connectivity index (χ4n) is 6.41. The normalized spacial score (nSPS) is 23.9. The highest BCUT2D eigenvalue weighted by atomic mass is 35.5. The van der Waals surface area contributed by atoms with Crippen molar-refractivity contribution >= 4 is 45.9 Å². The number of aromatic amines is 1. The van der Waals surface area contributed by atoms with Gasteiger partial charge in [-0.15, -0.1) is 0 Å². The highest BCUT2D eigenvalue weighted by molar-refractivity contribution is 6.29. The molecule has 0 aliphatic carbocycles. The number of H-pyrrole nitrogens is 1. The molecule has 1 spiro atoms. The number of anilines is 4. The lowest BCUT2D eigenvalue weighted by molar-refractivity contribution is 0.0827. The molecule has 0 aromatic carbocycles. The molecule has 2 saturated heterocycles. The number of rotatable bonds is 4. The fourth-order valence-corrected chi connectivity index (χ4v) is 6.55. The largest absolute Gasteiger partial charge is 0.377 e. The van der Waals surface area contributed by atoms with Gasteiger partial charge in [-0.25, -0.2) is 15.0 Å². The quantitative estimate of drug-likeness (QED) is 0.531. The summed E-state index contributed by atoms with van der Waals surface area (Å²) in [5.74, 6) is 3.19. The zero-order chi connectivity index (χ0) is 24.2. The molecule has 0 bridgehead atoms. The van der Waals surface area contributed by atoms with E-state index in [1.807, 2.05) is 25.4 Å². The van der Waals surface area contributed by atoms with Crippen LogP contribution in [0.25, 0.3) is 11.2 Å². The molecule has 2 atom stereocenters. The van der Waals surface area contributed by atoms with Crippen molar-refractivity contribution in [2.45, 2.75) is 45.6 Å². The van der Waals surface area contributed by atoms with Crippen molar-refractivity contribution in [3.05, 3.63) is 23.5 Å². The maximum Gasteiger partial charge on any atom is 0.183 e. The Labute approximate surface area is 210 Å². The van der Waals surface area contributed by atoms with Gasteiger partial charge in [-0.05, 0) is 37.3 Å². The van der Waals surface area contributed by atoms with Crippen LogP contribution in [0.3, 0.4) is 0 Å². The zero-order valence-electron chi connectivity index (χ0n) is 20.7. The Morgan fingerprint density at radius 1 is 1.09 bits per heavy atom. The molecule has 6 heterocycles. The smallest absolute Gasteiger partial charge is 0.183 e. The number of nitrogens with zero attached hydrogens (tertiary/aromatic N) is 7. The van der Waals surface area contributed by atoms with Crippen molar-refractivity contribution in [1.82, 2.24) is 25.1 Å². The molecule has 3 aromatic heterocycles. The van der Waals surface area contributed by atoms with Gasteiger partial charge in [0.15, 0.2) is 22.8 Å². The summed E-state index contributed by atoms with van der Waals surface area (Å²) in [6, 6.07) is 3.81. The Kier molecular flexibility index (Phi) is 5.72. The van der Waals surface area contributed by atoms with Crippen LogP contribution in [0.5, 0.6) is 0 Å². The van der Waals surface area contributed by atoms with E-state index in [1.165, 1.54) is 6.42 Å². The van der Waals surface area contributed by atoms with E-state index in [4.69, 9.17) is 26.3 Å². The second-order valence-electron chi connectivity index (χ2n) is 10.1. The molecule has 0 unspecified atom stereocenters. The summed E-state index contributed by atoms with van der Waals surface area (Å²) in [5, 5.41) is 8.22. The van der Waals surface area contributed by atoms with Crippen LogP contribution < -0.4 is 14.7 Å². The molecule has 3 aromatic rings. The second kappa shape index (κ2) is 8.78. The minimum Gasteiger partial charge on any atom is -0.377 e. The minimum absolute atomic E-state index is 0.316. The molecule has 6 rings (SSSR count). The SMILES string of the molecule is CC[C@@H]1OCC2(CCN(c3cnc4c(N5CCN(C)c6nc(Cl)ccc65)n[nH]c4n3)CC2)[C@@H]1CC. The second-order valence-corrected chi connectivity index (χ2v) is 10.5. The molecule has 0 radical (unpaired) electrons. The van der Waals surface area contributed by atoms with Gasteiger partial charge in [0.05, 0.1) is 24.6 Å². The molecule has 3 aliphatic heterocycles. The van der Waals surface area contributed by atoms with E-state index < -0.39 is 0 Å². The maximum absolute atomic E-state index is 6.22. The van der Waals surface area contributed by atoms with Crippen LogP contribution in [0.2, 0.25) is 5.15 Å². The lowest BCUT2D eigenvalue weighted by Crippen LogP contribution is -2.44. The Hall–Kier alpha value is -2.65. The number of piperidine rings is 1. The Morgan fingerprint density at radius 3 is 2.69 bits per heavy atom. The number of likely N-dealkylation sites (N-methyl/N-ethyl adjacent to an activating group) is 1. The highest BCUT2D eigenvalue weighted by Gasteiger charge is 2.49. The first-order valence-corrected chi connectivity index (χ1v) is 13.1. The summed E-state index contributed by atoms with van der Waals surface area (Å²) >= 11 is 6.16. The number of aromatic nitrogens is 5. The first kappa shape index (κ1) is 22.8. The predicted octanol–water partition coefficient (Wildman–Crippen LogP) is 4.41. The molecule has 1 N–H and O–H groups in total. The molecule has 35 heavy (non-hydrogen) atoms. The predicted molar refractivity (Wildman–Crippen MR) is 139 cm³/mol. The van der Waals surface area contributed by atoms with E-state index in [0.717, 1.165) is 80.7 Å². The summed E-state index contributed by atoms with van der Waals surface area (Å²) in [6.07, 6.45) is 6.89. The van der Waals surface area contributed by atoms with Gasteiger partial charge in [0.2, 0.25) is 0 Å². The van der Waals surface area contributed by atoms with E-state index in [2.05, 4.69) is 43.7 Å². The van der Waals surface area contributed by atoms with E-state index in [-0.39, 0.29) is 0 Å². The van der Waals surface area contributed by atoms with E-state index in [1.54, 1.807) is 0 Å². The van der Waals surface area contributed by atoms with Gasteiger partial charge in [0.25, 0.3) is 0 Å². The van der Waals surface area contributed by atoms with Gasteiger partial charge in [-0.1, -0.05) is 31.9 Å². The first-order valence-electron chi connectivity index (χ1n) is 12.8. The zero-order valence-corrected chi connectivity index (χ0v) is 21.4. The monoisotopic (exact) mass is 496 g/mol. The van der Waals surface area contributed by atoms with Crippen molar-refractivity contribution in [2.24, 2.45) is 11.3 Å². The average molecular weight is 497 g/mol. The number of halogens is 1. The van der Waals surface area contributed by atoms with E-state index in [0.29, 0.717) is 28.2 Å². The summed E-state index contributed by atoms with van der Waals surface area (Å²) in [7, 11) is 2.03. The third-order valence-corrected chi connectivity index (χ3v) is 8.58. The van der Waals surface area contributed by atoms with Gasteiger partial charge in [0, 0.05) is 38.6 Å². The van der Waals surface area contributed by atoms with E-state index in [9.17, 15) is 0 Å². The van der Waals surface area contributed by atoms with Crippen molar-refractivity contribution in [2.75, 3.05) is 54.5 Å². The van der Waals surface area contributed by atoms with Crippen LogP contribution in [0, 0.1) is 11.3 Å². The van der Waals surface area contributed by atoms with E-state index >= 15 is 0 Å². The Bertz CT molecular complexity index is 1220. The lowest BCUT2D eigenvalue weighted by Gasteiger charge is -2.42. The van der Waals surface area contributed by atoms with Crippen LogP contribution in [-0.4, -0.2) is 71.1 Å². The van der Waals surface area contributed by atoms with Gasteiger partial charge in [-0.3, -0.25) is 5.10 Å². The van der Waals surface area contributed by atoms with Crippen molar-refractivity contribution in [1.29, 1.82) is 0 Å². The van der Waals surface area contributed by atoms with Gasteiger partial charge in [0.1, 0.15) is 11.0 Å². The van der Waals surface area contributed by atoms with Crippen LogP contribution in [0.4, 0.5) is 23.1 Å². The molecule has 186 valence electrons. The Balaban J connectivity index is 1.23. The maximum atomic E-state index is 6.22. The van der Waals surface area contributed by atoms with Gasteiger partial charge >= 0.3 is 0 Å². The van der Waals surface area contributed by atoms with Crippen LogP contribution in [0.15, 0.2) is 18.3 Å². The number of hydrogen-bond acceptors (Lipinski definition) is 8. The van der Waals surface area contributed by atoms with Crippen LogP contribution in [-0.2, 0) is 4.74 Å². The van der Waals surface area contributed by atoms with Crippen molar-refractivity contribution < 1.29 is 4.74 Å². The summed E-state index contributed by atoms with van der Waals surface area (Å²) in [4.78, 5) is 20.9. The molecular formula is C25H33ClN8O. The van der Waals surface area contributed by atoms with Crippen molar-refractivity contribution in [3.8, 4) is 0 Å². The number of ether oxygens (including phenoxy) is 1. The summed E-state index contributed by atoms with van der Waals surface area (Å²) in [5.41, 5.74) is 2.77. The standard InChI is InChI=1S/C25H33ClN8O/c1-4-16-18(5-2)35-15-25(16)8-10-33(11-9-25)20-14-27-21-22(29-20)30-31-24(21)34-13-12-32(3)23-17(34)6-7-19(26)28-23/h6-7,14,16,18H,4-5,8-13,15H2,1-3H3,(H,29,30,31)/t16-,18+/m1/s1. The third kappa shape index (κ3) is 3.71. The Morgan fingerprint density at radius 2 is 1.91 bits per heavy atom. The summed E-state index contributed by atoms with van der Waals surface area (Å²) in [6.45, 7) is 9.03. The van der Waals surface area contributed by atoms with Crippen LogP contribution >= 0.6 is 11.6 Å². The van der Waals surface area contributed by atoms with Gasteiger partial charge in [-0.2, -0.15) is 5.10 Å².